The number of aryl methyl sites for hydroxylation is 4. The molecule has 0 spiro atoms. The fourth-order valence-electron chi connectivity index (χ4n) is 8.23. The zero-order valence-electron chi connectivity index (χ0n) is 32.2. The minimum Gasteiger partial charge on any atom is -0.508 e. The van der Waals surface area contributed by atoms with Crippen LogP contribution in [0.3, 0.4) is 0 Å². The van der Waals surface area contributed by atoms with Crippen LogP contribution in [0.15, 0.2) is 78.9 Å². The normalized spacial score (nSPS) is 16.6. The van der Waals surface area contributed by atoms with E-state index in [2.05, 4.69) is 104 Å². The van der Waals surface area contributed by atoms with Crippen LogP contribution >= 0.6 is 0 Å². The van der Waals surface area contributed by atoms with Crippen LogP contribution in [0.5, 0.6) is 17.2 Å². The van der Waals surface area contributed by atoms with Crippen LogP contribution in [-0.4, -0.2) is 67.4 Å². The molecule has 2 unspecified atom stereocenters. The molecule has 0 saturated heterocycles. The highest BCUT2D eigenvalue weighted by atomic mass is 16.5. The lowest BCUT2D eigenvalue weighted by atomic mass is 9.86. The van der Waals surface area contributed by atoms with Gasteiger partial charge in [-0.1, -0.05) is 74.0 Å². The summed E-state index contributed by atoms with van der Waals surface area (Å²) in [5, 5.41) is 10.2. The van der Waals surface area contributed by atoms with Crippen molar-refractivity contribution in [1.82, 2.24) is 9.80 Å². The number of methoxy groups -OCH3 is 2. The number of phenols is 1. The van der Waals surface area contributed by atoms with Gasteiger partial charge in [-0.2, -0.15) is 0 Å². The summed E-state index contributed by atoms with van der Waals surface area (Å²) in [7, 11) is 3.50. The second kappa shape index (κ2) is 19.2. The summed E-state index contributed by atoms with van der Waals surface area (Å²) in [6.45, 7) is 13.4. The van der Waals surface area contributed by atoms with Crippen molar-refractivity contribution in [3.05, 3.63) is 123 Å². The zero-order valence-corrected chi connectivity index (χ0v) is 32.2. The molecule has 2 aliphatic rings. The van der Waals surface area contributed by atoms with Crippen molar-refractivity contribution < 1.29 is 14.6 Å². The van der Waals surface area contributed by atoms with E-state index >= 15 is 0 Å². The van der Waals surface area contributed by atoms with Gasteiger partial charge >= 0.3 is 0 Å². The molecule has 0 amide bonds. The third-order valence-electron chi connectivity index (χ3n) is 11.1. The van der Waals surface area contributed by atoms with Crippen LogP contribution < -0.4 is 9.47 Å². The molecule has 0 saturated carbocycles. The van der Waals surface area contributed by atoms with Gasteiger partial charge in [0.25, 0.3) is 0 Å². The van der Waals surface area contributed by atoms with Crippen molar-refractivity contribution in [1.29, 1.82) is 0 Å². The molecule has 0 fully saturated rings. The van der Waals surface area contributed by atoms with Gasteiger partial charge in [-0.05, 0) is 154 Å². The van der Waals surface area contributed by atoms with E-state index in [4.69, 9.17) is 9.47 Å². The first-order chi connectivity index (χ1) is 24.8. The first-order valence-corrected chi connectivity index (χ1v) is 19.4. The molecule has 4 aromatic carbocycles. The first-order valence-electron chi connectivity index (χ1n) is 19.4. The monoisotopic (exact) mass is 690 g/mol. The minimum atomic E-state index is 0.480. The van der Waals surface area contributed by atoms with E-state index in [1.807, 2.05) is 12.1 Å². The van der Waals surface area contributed by atoms with Crippen LogP contribution in [0.2, 0.25) is 0 Å². The lowest BCUT2D eigenvalue weighted by Gasteiger charge is -2.35. The smallest absolute Gasteiger partial charge is 0.122 e. The summed E-state index contributed by atoms with van der Waals surface area (Å²) in [6, 6.07) is 28.9. The van der Waals surface area contributed by atoms with Crippen LogP contribution in [0.4, 0.5) is 0 Å². The van der Waals surface area contributed by atoms with Gasteiger partial charge in [0.05, 0.1) is 14.2 Å². The Morgan fingerprint density at radius 1 is 0.667 bits per heavy atom. The Bertz CT molecular complexity index is 1650. The summed E-state index contributed by atoms with van der Waals surface area (Å²) in [5.41, 5.74) is 11.0. The maximum absolute atomic E-state index is 10.2. The number of phenolic OH excluding ortho intramolecular Hbond substituents is 1. The molecule has 0 aliphatic heterocycles. The fraction of sp³-hybridized carbons (Fsp3) is 0.478. The van der Waals surface area contributed by atoms with Gasteiger partial charge in [0.15, 0.2) is 0 Å². The SMILES string of the molecule is CCCN(CCc1cc(C)ccc1C)C1CCc2cccc(O)c2C1.CCCN(CCc1ccc(OC)cc1)C1CCc2cccc(OC)c2C1. The highest BCUT2D eigenvalue weighted by Crippen LogP contribution is 2.33. The molecule has 51 heavy (non-hydrogen) atoms. The summed E-state index contributed by atoms with van der Waals surface area (Å²) in [6.07, 6.45) is 11.3. The molecule has 274 valence electrons. The Balaban J connectivity index is 0.000000198. The molecule has 6 rings (SSSR count). The Morgan fingerprint density at radius 3 is 1.90 bits per heavy atom. The summed E-state index contributed by atoms with van der Waals surface area (Å²) in [4.78, 5) is 5.33. The highest BCUT2D eigenvalue weighted by Gasteiger charge is 2.27. The molecule has 1 N–H and O–H groups in total. The van der Waals surface area contributed by atoms with E-state index in [0.29, 0.717) is 17.8 Å². The summed E-state index contributed by atoms with van der Waals surface area (Å²) < 4.78 is 10.9. The second-order valence-corrected chi connectivity index (χ2v) is 14.7. The zero-order chi connectivity index (χ0) is 36.2. The van der Waals surface area contributed by atoms with Crippen molar-refractivity contribution in [2.24, 2.45) is 0 Å². The molecule has 0 aromatic heterocycles. The number of rotatable bonds is 14. The highest BCUT2D eigenvalue weighted by molar-refractivity contribution is 5.43. The number of ether oxygens (including phenoxy) is 2. The lowest BCUT2D eigenvalue weighted by Crippen LogP contribution is -2.41. The Morgan fingerprint density at radius 2 is 1.27 bits per heavy atom. The predicted molar refractivity (Wildman–Crippen MR) is 213 cm³/mol. The number of nitrogens with zero attached hydrogens (tertiary/aromatic N) is 2. The molecule has 0 heterocycles. The number of hydrogen-bond donors (Lipinski definition) is 1. The number of aromatic hydroxyl groups is 1. The first kappa shape index (κ1) is 38.4. The molecule has 2 aliphatic carbocycles. The molecule has 0 bridgehead atoms. The van der Waals surface area contributed by atoms with Crippen molar-refractivity contribution in [2.45, 2.75) is 104 Å². The van der Waals surface area contributed by atoms with Gasteiger partial charge in [0.2, 0.25) is 0 Å². The Labute approximate surface area is 308 Å². The maximum atomic E-state index is 10.2. The second-order valence-electron chi connectivity index (χ2n) is 14.7. The average Bonchev–Trinajstić information content (AvgIpc) is 3.16. The quantitative estimate of drug-likeness (QED) is 0.143. The topological polar surface area (TPSA) is 45.2 Å². The van der Waals surface area contributed by atoms with Gasteiger partial charge in [-0.15, -0.1) is 0 Å². The fourth-order valence-corrected chi connectivity index (χ4v) is 8.23. The molecule has 0 radical (unpaired) electrons. The Kier molecular flexibility index (Phi) is 14.4. The average molecular weight is 691 g/mol. The largest absolute Gasteiger partial charge is 0.508 e. The number of benzene rings is 4. The predicted octanol–water partition coefficient (Wildman–Crippen LogP) is 9.34. The van der Waals surface area contributed by atoms with Crippen molar-refractivity contribution in [3.8, 4) is 17.2 Å². The third-order valence-corrected chi connectivity index (χ3v) is 11.1. The summed E-state index contributed by atoms with van der Waals surface area (Å²) in [5.74, 6) is 2.46. The Hall–Kier alpha value is -3.80. The molecule has 5 heteroatoms. The van der Waals surface area contributed by atoms with Gasteiger partial charge in [-0.3, -0.25) is 9.80 Å². The van der Waals surface area contributed by atoms with Gasteiger partial charge in [0.1, 0.15) is 17.2 Å². The van der Waals surface area contributed by atoms with E-state index < -0.39 is 0 Å². The van der Waals surface area contributed by atoms with Crippen LogP contribution in [-0.2, 0) is 38.5 Å². The van der Waals surface area contributed by atoms with Gasteiger partial charge < -0.3 is 14.6 Å². The van der Waals surface area contributed by atoms with Crippen molar-refractivity contribution in [3.63, 3.8) is 0 Å². The lowest BCUT2D eigenvalue weighted by molar-refractivity contribution is 0.180. The minimum absolute atomic E-state index is 0.480. The van der Waals surface area contributed by atoms with E-state index in [1.165, 1.54) is 70.2 Å². The van der Waals surface area contributed by atoms with Crippen LogP contribution in [0.1, 0.15) is 84.0 Å². The maximum Gasteiger partial charge on any atom is 0.122 e. The molecule has 2 atom stereocenters. The van der Waals surface area contributed by atoms with Crippen molar-refractivity contribution in [2.75, 3.05) is 40.4 Å². The molecular weight excluding hydrogens is 629 g/mol. The van der Waals surface area contributed by atoms with E-state index in [9.17, 15) is 5.11 Å². The van der Waals surface area contributed by atoms with Crippen molar-refractivity contribution >= 4 is 0 Å². The van der Waals surface area contributed by atoms with Gasteiger partial charge in [-0.25, -0.2) is 0 Å². The number of fused-ring (bicyclic) bond motifs is 2. The molecular formula is C46H62N2O3. The third kappa shape index (κ3) is 10.4. The molecule has 4 aromatic rings. The molecule has 5 nitrogen and oxygen atoms in total. The van der Waals surface area contributed by atoms with E-state index in [0.717, 1.165) is 76.2 Å². The standard InChI is InChI=1S/C23H31NO2.C23H31NO/c1-4-15-24(16-14-18-8-12-21(25-2)13-9-18)20-11-10-19-6-5-7-23(26-3)22(19)17-20;1-4-13-24(14-12-20-15-17(2)8-9-18(20)3)21-11-10-19-6-5-7-23(25)22(19)16-21/h5-9,12-13,20H,4,10-11,14-17H2,1-3H3;5-9,15,21,25H,4,10-14,16H2,1-3H3. The van der Waals surface area contributed by atoms with Gasteiger partial charge in [0, 0.05) is 25.2 Å². The van der Waals surface area contributed by atoms with Crippen LogP contribution in [0, 0.1) is 13.8 Å². The van der Waals surface area contributed by atoms with E-state index in [-0.39, 0.29) is 0 Å². The van der Waals surface area contributed by atoms with Crippen LogP contribution in [0.25, 0.3) is 0 Å². The van der Waals surface area contributed by atoms with E-state index in [1.54, 1.807) is 14.2 Å². The summed E-state index contributed by atoms with van der Waals surface area (Å²) >= 11 is 0. The number of hydrogen-bond acceptors (Lipinski definition) is 5.